The maximum absolute atomic E-state index is 5.88. The normalized spacial score (nSPS) is 10.7. The second-order valence-corrected chi connectivity index (χ2v) is 4.64. The molecular weight excluding hydrogens is 268 g/mol. The zero-order valence-electron chi connectivity index (χ0n) is 9.30. The van der Waals surface area contributed by atoms with E-state index < -0.39 is 0 Å². The van der Waals surface area contributed by atoms with Crippen LogP contribution in [0.2, 0.25) is 5.15 Å². The van der Waals surface area contributed by atoms with Gasteiger partial charge in [-0.25, -0.2) is 0 Å². The summed E-state index contributed by atoms with van der Waals surface area (Å²) < 4.78 is 7.99. The number of aromatic nitrogens is 3. The Morgan fingerprint density at radius 1 is 1.17 bits per heavy atom. The highest BCUT2D eigenvalue weighted by Gasteiger charge is 2.06. The summed E-state index contributed by atoms with van der Waals surface area (Å²) in [5.41, 5.74) is 2.10. The highest BCUT2D eigenvalue weighted by molar-refractivity contribution is 6.99. The highest BCUT2D eigenvalue weighted by atomic mass is 35.5. The van der Waals surface area contributed by atoms with Gasteiger partial charge in [0.2, 0.25) is 0 Å². The standard InChI is InChI=1S/C12H9ClN4S/c13-11-12(17-18-16-11)15-7-9-4-1-3-8-5-2-6-14-10(8)9/h1-6H,7H2,(H,15,17). The van der Waals surface area contributed by atoms with Crippen LogP contribution in [0.1, 0.15) is 5.56 Å². The predicted molar refractivity (Wildman–Crippen MR) is 74.0 cm³/mol. The molecule has 1 N–H and O–H groups in total. The van der Waals surface area contributed by atoms with Crippen molar-refractivity contribution in [2.24, 2.45) is 0 Å². The smallest absolute Gasteiger partial charge is 0.186 e. The van der Waals surface area contributed by atoms with Gasteiger partial charge in [-0.3, -0.25) is 4.98 Å². The average Bonchev–Trinajstić information content (AvgIpc) is 2.82. The molecule has 0 unspecified atom stereocenters. The summed E-state index contributed by atoms with van der Waals surface area (Å²) in [4.78, 5) is 4.40. The maximum atomic E-state index is 5.88. The Labute approximate surface area is 113 Å². The van der Waals surface area contributed by atoms with E-state index in [1.54, 1.807) is 6.20 Å². The van der Waals surface area contributed by atoms with Crippen LogP contribution >= 0.6 is 23.3 Å². The first-order chi connectivity index (χ1) is 8.84. The van der Waals surface area contributed by atoms with Crippen LogP contribution in [0.3, 0.4) is 0 Å². The Balaban J connectivity index is 1.89. The Kier molecular flexibility index (Phi) is 3.08. The SMILES string of the molecule is Clc1nsnc1NCc1cccc2cccnc12. The molecule has 3 rings (SSSR count). The highest BCUT2D eigenvalue weighted by Crippen LogP contribution is 2.21. The van der Waals surface area contributed by atoms with E-state index in [0.717, 1.165) is 28.2 Å². The zero-order valence-corrected chi connectivity index (χ0v) is 10.9. The summed E-state index contributed by atoms with van der Waals surface area (Å²) in [5.74, 6) is 0.620. The lowest BCUT2D eigenvalue weighted by atomic mass is 10.1. The first kappa shape index (κ1) is 11.4. The molecule has 1 aromatic carbocycles. The van der Waals surface area contributed by atoms with Crippen LogP contribution in [-0.2, 0) is 6.54 Å². The van der Waals surface area contributed by atoms with E-state index in [2.05, 4.69) is 19.0 Å². The molecule has 90 valence electrons. The predicted octanol–water partition coefficient (Wildman–Crippen LogP) is 3.35. The lowest BCUT2D eigenvalue weighted by Gasteiger charge is -2.06. The van der Waals surface area contributed by atoms with Crippen LogP contribution in [0.5, 0.6) is 0 Å². The third-order valence-corrected chi connectivity index (χ3v) is 3.50. The van der Waals surface area contributed by atoms with E-state index >= 15 is 0 Å². The van der Waals surface area contributed by atoms with Crippen molar-refractivity contribution in [1.29, 1.82) is 0 Å². The molecule has 0 aliphatic rings. The van der Waals surface area contributed by atoms with E-state index in [-0.39, 0.29) is 0 Å². The Bertz CT molecular complexity index is 677. The molecule has 0 saturated carbocycles. The second kappa shape index (κ2) is 4.88. The molecule has 18 heavy (non-hydrogen) atoms. The molecule has 2 aromatic heterocycles. The van der Waals surface area contributed by atoms with Crippen molar-refractivity contribution >= 4 is 40.0 Å². The van der Waals surface area contributed by atoms with Crippen LogP contribution in [0.15, 0.2) is 36.5 Å². The van der Waals surface area contributed by atoms with Gasteiger partial charge in [0, 0.05) is 18.1 Å². The summed E-state index contributed by atoms with van der Waals surface area (Å²) in [5, 5.41) is 4.70. The quantitative estimate of drug-likeness (QED) is 0.797. The van der Waals surface area contributed by atoms with Crippen molar-refractivity contribution < 1.29 is 0 Å². The third-order valence-electron chi connectivity index (χ3n) is 2.61. The minimum Gasteiger partial charge on any atom is -0.362 e. The molecule has 0 aliphatic heterocycles. The van der Waals surface area contributed by atoms with Crippen molar-refractivity contribution in [2.45, 2.75) is 6.54 Å². The van der Waals surface area contributed by atoms with E-state index in [1.807, 2.05) is 30.3 Å². The van der Waals surface area contributed by atoms with Gasteiger partial charge in [0.1, 0.15) is 0 Å². The number of anilines is 1. The van der Waals surface area contributed by atoms with Gasteiger partial charge < -0.3 is 5.32 Å². The number of halogens is 1. The number of hydrogen-bond donors (Lipinski definition) is 1. The minimum atomic E-state index is 0.410. The fourth-order valence-corrected chi connectivity index (χ4v) is 2.46. The van der Waals surface area contributed by atoms with Crippen LogP contribution in [0, 0.1) is 0 Å². The van der Waals surface area contributed by atoms with Crippen LogP contribution < -0.4 is 5.32 Å². The maximum Gasteiger partial charge on any atom is 0.186 e. The van der Waals surface area contributed by atoms with Crippen molar-refractivity contribution in [1.82, 2.24) is 13.7 Å². The van der Waals surface area contributed by atoms with Gasteiger partial charge in [-0.1, -0.05) is 35.9 Å². The third kappa shape index (κ3) is 2.14. The van der Waals surface area contributed by atoms with Gasteiger partial charge >= 0.3 is 0 Å². The van der Waals surface area contributed by atoms with E-state index in [0.29, 0.717) is 17.5 Å². The largest absolute Gasteiger partial charge is 0.362 e. The van der Waals surface area contributed by atoms with Crippen molar-refractivity contribution in [2.75, 3.05) is 5.32 Å². The number of fused-ring (bicyclic) bond motifs is 1. The summed E-state index contributed by atoms with van der Waals surface area (Å²) in [7, 11) is 0. The van der Waals surface area contributed by atoms with Crippen LogP contribution in [0.4, 0.5) is 5.82 Å². The van der Waals surface area contributed by atoms with Gasteiger partial charge in [0.15, 0.2) is 11.0 Å². The number of hydrogen-bond acceptors (Lipinski definition) is 5. The average molecular weight is 277 g/mol. The first-order valence-electron chi connectivity index (χ1n) is 5.39. The number of nitrogens with zero attached hydrogens (tertiary/aromatic N) is 3. The zero-order chi connectivity index (χ0) is 12.4. The molecule has 0 saturated heterocycles. The lowest BCUT2D eigenvalue weighted by molar-refractivity contribution is 1.14. The molecule has 3 aromatic rings. The molecule has 0 radical (unpaired) electrons. The fraction of sp³-hybridized carbons (Fsp3) is 0.0833. The Morgan fingerprint density at radius 3 is 2.89 bits per heavy atom. The van der Waals surface area contributed by atoms with Crippen molar-refractivity contribution in [3.05, 3.63) is 47.2 Å². The molecule has 0 spiro atoms. The monoisotopic (exact) mass is 276 g/mol. The van der Waals surface area contributed by atoms with Gasteiger partial charge in [-0.05, 0) is 11.6 Å². The Morgan fingerprint density at radius 2 is 2.06 bits per heavy atom. The summed E-state index contributed by atoms with van der Waals surface area (Å²) in [6.45, 7) is 0.624. The lowest BCUT2D eigenvalue weighted by Crippen LogP contribution is -2.01. The van der Waals surface area contributed by atoms with E-state index in [1.165, 1.54) is 0 Å². The summed E-state index contributed by atoms with van der Waals surface area (Å²) in [6, 6.07) is 10.1. The molecular formula is C12H9ClN4S. The van der Waals surface area contributed by atoms with E-state index in [4.69, 9.17) is 11.6 Å². The Hall–Kier alpha value is -1.72. The molecule has 4 nitrogen and oxygen atoms in total. The molecule has 0 aliphatic carbocycles. The van der Waals surface area contributed by atoms with Gasteiger partial charge in [-0.2, -0.15) is 8.75 Å². The van der Waals surface area contributed by atoms with Crippen molar-refractivity contribution in [3.63, 3.8) is 0 Å². The molecule has 0 atom stereocenters. The molecule has 0 bridgehead atoms. The molecule has 0 fully saturated rings. The van der Waals surface area contributed by atoms with Crippen LogP contribution in [0.25, 0.3) is 10.9 Å². The number of pyridine rings is 1. The fourth-order valence-electron chi connectivity index (χ4n) is 1.77. The summed E-state index contributed by atoms with van der Waals surface area (Å²) in [6.07, 6.45) is 1.79. The van der Waals surface area contributed by atoms with E-state index in [9.17, 15) is 0 Å². The number of benzene rings is 1. The van der Waals surface area contributed by atoms with Gasteiger partial charge in [0.25, 0.3) is 0 Å². The minimum absolute atomic E-state index is 0.410. The number of nitrogens with one attached hydrogen (secondary N) is 1. The molecule has 0 amide bonds. The van der Waals surface area contributed by atoms with Crippen molar-refractivity contribution in [3.8, 4) is 0 Å². The molecule has 6 heteroatoms. The number of rotatable bonds is 3. The number of para-hydroxylation sites is 1. The first-order valence-corrected chi connectivity index (χ1v) is 6.50. The van der Waals surface area contributed by atoms with Gasteiger partial charge in [0.05, 0.1) is 17.2 Å². The molecule has 2 heterocycles. The van der Waals surface area contributed by atoms with Gasteiger partial charge in [-0.15, -0.1) is 0 Å². The second-order valence-electron chi connectivity index (χ2n) is 3.75. The topological polar surface area (TPSA) is 50.7 Å². The summed E-state index contributed by atoms with van der Waals surface area (Å²) >= 11 is 6.98. The van der Waals surface area contributed by atoms with Crippen LogP contribution in [-0.4, -0.2) is 13.7 Å².